The van der Waals surface area contributed by atoms with Gasteiger partial charge >= 0.3 is 13.8 Å². The Morgan fingerprint density at radius 1 is 0.957 bits per heavy atom. The molecule has 0 heterocycles. The summed E-state index contributed by atoms with van der Waals surface area (Å²) in [6.45, 7) is 9.46. The zero-order valence-electron chi connectivity index (χ0n) is 14.8. The summed E-state index contributed by atoms with van der Waals surface area (Å²) >= 11 is 0. The average Bonchev–Trinajstić information content (AvgIpc) is 2.47. The van der Waals surface area contributed by atoms with Crippen LogP contribution in [-0.2, 0) is 18.4 Å². The second kappa shape index (κ2) is 16.2. The van der Waals surface area contributed by atoms with Crippen LogP contribution in [0.3, 0.4) is 0 Å². The minimum Gasteiger partial charge on any atom is -0.478 e. The quantitative estimate of drug-likeness (QED) is 0.277. The zero-order valence-corrected chi connectivity index (χ0v) is 15.6. The van der Waals surface area contributed by atoms with Crippen LogP contribution in [0, 0.1) is 0 Å². The first-order chi connectivity index (χ1) is 10.8. The molecule has 0 rings (SSSR count). The Balaban J connectivity index is 0. The number of rotatable bonds is 13. The summed E-state index contributed by atoms with van der Waals surface area (Å²) in [6.07, 6.45) is 8.26. The summed E-state index contributed by atoms with van der Waals surface area (Å²) in [5.41, 5.74) is 0.176. The molecule has 138 valence electrons. The molecule has 0 spiro atoms. The molecule has 0 fully saturated rings. The molecule has 0 saturated carbocycles. The molecular formula is C16H33O6P. The van der Waals surface area contributed by atoms with Gasteiger partial charge in [-0.15, -0.1) is 0 Å². The number of aliphatic carboxylic acids is 1. The fraction of sp³-hybridized carbons (Fsp3) is 0.812. The highest BCUT2D eigenvalue weighted by atomic mass is 31.2. The van der Waals surface area contributed by atoms with Crippen molar-refractivity contribution in [2.45, 2.75) is 72.1 Å². The van der Waals surface area contributed by atoms with E-state index in [1.54, 1.807) is 0 Å². The molecule has 0 radical (unpaired) electrons. The van der Waals surface area contributed by atoms with E-state index in [1.807, 2.05) is 0 Å². The van der Waals surface area contributed by atoms with Crippen molar-refractivity contribution in [3.63, 3.8) is 0 Å². The molecule has 0 aliphatic rings. The zero-order chi connectivity index (χ0) is 18.1. The van der Waals surface area contributed by atoms with Crippen molar-refractivity contribution >= 4 is 13.8 Å². The molecule has 0 aromatic carbocycles. The topological polar surface area (TPSA) is 93.1 Å². The van der Waals surface area contributed by atoms with Crippen LogP contribution in [0.1, 0.15) is 72.1 Å². The Morgan fingerprint density at radius 2 is 1.30 bits per heavy atom. The van der Waals surface area contributed by atoms with Crippen molar-refractivity contribution in [2.24, 2.45) is 0 Å². The number of carboxylic acids is 1. The van der Waals surface area contributed by atoms with Crippen LogP contribution in [0.25, 0.3) is 0 Å². The molecular weight excluding hydrogens is 319 g/mol. The van der Waals surface area contributed by atoms with E-state index in [9.17, 15) is 14.3 Å². The molecule has 0 unspecified atom stereocenters. The summed E-state index contributed by atoms with van der Waals surface area (Å²) in [6, 6.07) is 0. The van der Waals surface area contributed by atoms with Crippen molar-refractivity contribution in [1.82, 2.24) is 0 Å². The first-order valence-electron chi connectivity index (χ1n) is 8.27. The van der Waals surface area contributed by atoms with E-state index in [4.69, 9.17) is 14.2 Å². The fourth-order valence-corrected chi connectivity index (χ4v) is 2.25. The third-order valence-corrected chi connectivity index (χ3v) is 3.89. The number of hydrogen-bond acceptors (Lipinski definition) is 4. The van der Waals surface area contributed by atoms with Gasteiger partial charge in [-0.3, -0.25) is 9.05 Å². The number of phosphoric ester groups is 1. The number of unbranched alkanes of at least 4 members (excludes halogenated alkanes) is 6. The molecule has 6 nitrogen and oxygen atoms in total. The third-order valence-electron chi connectivity index (χ3n) is 2.87. The molecule has 0 saturated heterocycles. The summed E-state index contributed by atoms with van der Waals surface area (Å²) in [4.78, 5) is 18.9. The highest BCUT2D eigenvalue weighted by Gasteiger charge is 2.19. The highest BCUT2D eigenvalue weighted by molar-refractivity contribution is 7.47. The van der Waals surface area contributed by atoms with Gasteiger partial charge in [0.15, 0.2) is 0 Å². The maximum absolute atomic E-state index is 11.4. The Hall–Kier alpha value is -0.680. The third kappa shape index (κ3) is 21.3. The molecule has 0 amide bonds. The van der Waals surface area contributed by atoms with E-state index in [2.05, 4.69) is 20.4 Å². The lowest BCUT2D eigenvalue weighted by Crippen LogP contribution is -1.99. The molecule has 0 aliphatic heterocycles. The lowest BCUT2D eigenvalue weighted by Gasteiger charge is -2.11. The Bertz CT molecular complexity index is 326. The Morgan fingerprint density at radius 3 is 1.57 bits per heavy atom. The van der Waals surface area contributed by atoms with Crippen molar-refractivity contribution in [3.05, 3.63) is 12.2 Å². The van der Waals surface area contributed by atoms with E-state index < -0.39 is 13.8 Å². The van der Waals surface area contributed by atoms with Crippen LogP contribution in [-0.4, -0.2) is 29.2 Å². The van der Waals surface area contributed by atoms with Gasteiger partial charge in [0.25, 0.3) is 0 Å². The summed E-state index contributed by atoms with van der Waals surface area (Å²) in [7, 11) is -3.79. The second-order valence-electron chi connectivity index (χ2n) is 5.34. The minimum atomic E-state index is -3.79. The van der Waals surface area contributed by atoms with Crippen molar-refractivity contribution in [2.75, 3.05) is 13.2 Å². The molecule has 0 atom stereocenters. The number of carbonyl (C=O) groups is 1. The summed E-state index contributed by atoms with van der Waals surface area (Å²) in [5.74, 6) is -0.935. The van der Waals surface area contributed by atoms with E-state index in [0.717, 1.165) is 51.4 Å². The normalized spacial score (nSPS) is 10.8. The molecule has 0 aliphatic carbocycles. The van der Waals surface area contributed by atoms with Gasteiger partial charge in [-0.25, -0.2) is 9.36 Å². The predicted molar refractivity (Wildman–Crippen MR) is 92.5 cm³/mol. The number of carboxylic acid groups (broad SMARTS) is 1. The minimum absolute atomic E-state index is 0.176. The van der Waals surface area contributed by atoms with Gasteiger partial charge < -0.3 is 10.00 Å². The first-order valence-corrected chi connectivity index (χ1v) is 9.77. The lowest BCUT2D eigenvalue weighted by atomic mass is 10.2. The first kappa shape index (κ1) is 24.6. The van der Waals surface area contributed by atoms with Gasteiger partial charge in [0.1, 0.15) is 0 Å². The van der Waals surface area contributed by atoms with Gasteiger partial charge in [0, 0.05) is 5.57 Å². The summed E-state index contributed by atoms with van der Waals surface area (Å²) < 4.78 is 21.1. The van der Waals surface area contributed by atoms with Crippen molar-refractivity contribution < 1.29 is 28.4 Å². The lowest BCUT2D eigenvalue weighted by molar-refractivity contribution is -0.132. The van der Waals surface area contributed by atoms with E-state index in [0.29, 0.717) is 13.2 Å². The van der Waals surface area contributed by atoms with Gasteiger partial charge in [-0.05, 0) is 19.8 Å². The predicted octanol–water partition coefficient (Wildman–Crippen LogP) is 4.93. The standard InChI is InChI=1S/C12H27O4P.C4H6O2/c1-3-5-7-9-11-15-17(13,14)16-12-10-8-6-4-2;1-3(2)4(5)6/h3-12H2,1-2H3,(H,13,14);1H2,2H3,(H,5,6). The van der Waals surface area contributed by atoms with E-state index in [1.165, 1.54) is 6.92 Å². The largest absolute Gasteiger partial charge is 0.478 e. The monoisotopic (exact) mass is 352 g/mol. The smallest absolute Gasteiger partial charge is 0.472 e. The van der Waals surface area contributed by atoms with Crippen LogP contribution >= 0.6 is 7.82 Å². The number of hydrogen-bond donors (Lipinski definition) is 2. The van der Waals surface area contributed by atoms with Gasteiger partial charge in [0.2, 0.25) is 0 Å². The molecule has 7 heteroatoms. The molecule has 0 aromatic heterocycles. The van der Waals surface area contributed by atoms with Gasteiger partial charge in [0.05, 0.1) is 13.2 Å². The second-order valence-corrected chi connectivity index (χ2v) is 6.80. The van der Waals surface area contributed by atoms with Gasteiger partial charge in [-0.1, -0.05) is 59.0 Å². The Labute approximate surface area is 140 Å². The van der Waals surface area contributed by atoms with E-state index in [-0.39, 0.29) is 5.57 Å². The maximum Gasteiger partial charge on any atom is 0.472 e. The Kier molecular flexibility index (Phi) is 17.3. The van der Waals surface area contributed by atoms with Crippen LogP contribution in [0.4, 0.5) is 0 Å². The molecule has 0 aromatic rings. The van der Waals surface area contributed by atoms with Crippen LogP contribution in [0.5, 0.6) is 0 Å². The van der Waals surface area contributed by atoms with Crippen molar-refractivity contribution in [3.8, 4) is 0 Å². The van der Waals surface area contributed by atoms with Crippen LogP contribution in [0.2, 0.25) is 0 Å². The maximum atomic E-state index is 11.4. The molecule has 2 N–H and O–H groups in total. The van der Waals surface area contributed by atoms with Crippen LogP contribution < -0.4 is 0 Å². The van der Waals surface area contributed by atoms with E-state index >= 15 is 0 Å². The van der Waals surface area contributed by atoms with Crippen molar-refractivity contribution in [1.29, 1.82) is 0 Å². The SMILES string of the molecule is C=C(C)C(=O)O.CCCCCCOP(=O)(O)OCCCCCC. The molecule has 0 bridgehead atoms. The summed E-state index contributed by atoms with van der Waals surface area (Å²) in [5, 5.41) is 7.89. The average molecular weight is 352 g/mol. The highest BCUT2D eigenvalue weighted by Crippen LogP contribution is 2.43. The fourth-order valence-electron chi connectivity index (χ4n) is 1.45. The van der Waals surface area contributed by atoms with Gasteiger partial charge in [-0.2, -0.15) is 0 Å². The molecule has 23 heavy (non-hydrogen) atoms. The van der Waals surface area contributed by atoms with Crippen LogP contribution in [0.15, 0.2) is 12.2 Å². The number of phosphoric acid groups is 1.